The van der Waals surface area contributed by atoms with Crippen LogP contribution < -0.4 is 0 Å². The molecule has 0 fully saturated rings. The van der Waals surface area contributed by atoms with Crippen molar-refractivity contribution in [3.05, 3.63) is 35.3 Å². The van der Waals surface area contributed by atoms with Crippen molar-refractivity contribution in [1.82, 2.24) is 4.98 Å². The molecule has 2 nitrogen and oxygen atoms in total. The van der Waals surface area contributed by atoms with E-state index in [0.717, 1.165) is 12.1 Å². The van der Waals surface area contributed by atoms with Gasteiger partial charge in [0.05, 0.1) is 5.69 Å². The van der Waals surface area contributed by atoms with Gasteiger partial charge in [-0.2, -0.15) is 0 Å². The Bertz CT molecular complexity index is 574. The number of halogens is 3. The Morgan fingerprint density at radius 1 is 1.35 bits per heavy atom. The standard InChI is InChI=1S/C12H10F3NO/c1-2-11(17)10-5-7-8(12(14)15)3-6(13)4-9(7)16-10/h3-5,12,16H,2H2,1H3. The van der Waals surface area contributed by atoms with Crippen molar-refractivity contribution in [1.29, 1.82) is 0 Å². The third-order valence-electron chi connectivity index (χ3n) is 2.59. The van der Waals surface area contributed by atoms with E-state index >= 15 is 0 Å². The highest BCUT2D eigenvalue weighted by atomic mass is 19.3. The normalized spacial score (nSPS) is 11.4. The van der Waals surface area contributed by atoms with Crippen LogP contribution in [0.5, 0.6) is 0 Å². The van der Waals surface area contributed by atoms with Crippen LogP contribution in [0.4, 0.5) is 13.2 Å². The molecule has 5 heteroatoms. The predicted molar refractivity (Wildman–Crippen MR) is 57.8 cm³/mol. The molecule has 0 bridgehead atoms. The molecule has 0 aliphatic carbocycles. The highest BCUT2D eigenvalue weighted by molar-refractivity contribution is 6.00. The van der Waals surface area contributed by atoms with Crippen LogP contribution in [-0.2, 0) is 0 Å². The number of Topliss-reactive ketones (excluding diaryl/α,β-unsaturated/α-hetero) is 1. The number of hydrogen-bond donors (Lipinski definition) is 1. The summed E-state index contributed by atoms with van der Waals surface area (Å²) in [6.07, 6.45) is -2.51. The summed E-state index contributed by atoms with van der Waals surface area (Å²) >= 11 is 0. The van der Waals surface area contributed by atoms with E-state index in [9.17, 15) is 18.0 Å². The largest absolute Gasteiger partial charge is 0.352 e. The Kier molecular flexibility index (Phi) is 2.92. The maximum atomic E-state index is 13.1. The van der Waals surface area contributed by atoms with E-state index in [0.29, 0.717) is 0 Å². The molecule has 2 aromatic rings. The molecule has 0 unspecified atom stereocenters. The maximum absolute atomic E-state index is 13.1. The van der Waals surface area contributed by atoms with Gasteiger partial charge in [-0.3, -0.25) is 4.79 Å². The Balaban J connectivity index is 2.67. The van der Waals surface area contributed by atoms with Crippen molar-refractivity contribution in [3.8, 4) is 0 Å². The maximum Gasteiger partial charge on any atom is 0.264 e. The van der Waals surface area contributed by atoms with Crippen LogP contribution in [-0.4, -0.2) is 10.8 Å². The summed E-state index contributed by atoms with van der Waals surface area (Å²) in [6, 6.07) is 3.25. The lowest BCUT2D eigenvalue weighted by Crippen LogP contribution is -1.95. The first kappa shape index (κ1) is 11.7. The number of carbonyl (C=O) groups excluding carboxylic acids is 1. The van der Waals surface area contributed by atoms with Gasteiger partial charge in [-0.25, -0.2) is 13.2 Å². The Hall–Kier alpha value is -1.78. The Labute approximate surface area is 95.4 Å². The van der Waals surface area contributed by atoms with Crippen LogP contribution in [0.15, 0.2) is 18.2 Å². The lowest BCUT2D eigenvalue weighted by Gasteiger charge is -2.01. The zero-order valence-corrected chi connectivity index (χ0v) is 9.06. The number of benzene rings is 1. The lowest BCUT2D eigenvalue weighted by molar-refractivity contribution is 0.0984. The van der Waals surface area contributed by atoms with Crippen LogP contribution in [0.3, 0.4) is 0 Å². The van der Waals surface area contributed by atoms with Crippen molar-refractivity contribution >= 4 is 16.7 Å². The van der Waals surface area contributed by atoms with Crippen molar-refractivity contribution in [2.45, 2.75) is 19.8 Å². The monoisotopic (exact) mass is 241 g/mol. The first-order valence-electron chi connectivity index (χ1n) is 5.16. The number of nitrogens with one attached hydrogen (secondary N) is 1. The van der Waals surface area contributed by atoms with E-state index in [-0.39, 0.29) is 28.8 Å². The van der Waals surface area contributed by atoms with E-state index in [2.05, 4.69) is 4.98 Å². The molecule has 90 valence electrons. The lowest BCUT2D eigenvalue weighted by atomic mass is 10.1. The van der Waals surface area contributed by atoms with Gasteiger partial charge < -0.3 is 4.98 Å². The van der Waals surface area contributed by atoms with Crippen LogP contribution in [0, 0.1) is 5.82 Å². The number of H-pyrrole nitrogens is 1. The number of ketones is 1. The summed E-state index contributed by atoms with van der Waals surface area (Å²) in [7, 11) is 0. The highest BCUT2D eigenvalue weighted by Crippen LogP contribution is 2.29. The molecule has 0 saturated heterocycles. The zero-order chi connectivity index (χ0) is 12.6. The van der Waals surface area contributed by atoms with Crippen molar-refractivity contribution in [2.24, 2.45) is 0 Å². The van der Waals surface area contributed by atoms with Gasteiger partial charge in [0.1, 0.15) is 5.82 Å². The van der Waals surface area contributed by atoms with Crippen molar-refractivity contribution in [2.75, 3.05) is 0 Å². The first-order valence-corrected chi connectivity index (χ1v) is 5.16. The number of rotatable bonds is 3. The molecule has 2 rings (SSSR count). The van der Waals surface area contributed by atoms with Gasteiger partial charge in [-0.05, 0) is 18.2 Å². The zero-order valence-electron chi connectivity index (χ0n) is 9.06. The minimum atomic E-state index is -2.77. The predicted octanol–water partition coefficient (Wildman–Crippen LogP) is 3.84. The summed E-state index contributed by atoms with van der Waals surface area (Å²) in [4.78, 5) is 14.1. The summed E-state index contributed by atoms with van der Waals surface area (Å²) in [5.74, 6) is -0.938. The topological polar surface area (TPSA) is 32.9 Å². The molecule has 0 spiro atoms. The molecule has 1 aromatic carbocycles. The van der Waals surface area contributed by atoms with Crippen LogP contribution in [0.1, 0.15) is 35.8 Å². The number of carbonyl (C=O) groups is 1. The third-order valence-corrected chi connectivity index (χ3v) is 2.59. The molecule has 0 amide bonds. The van der Waals surface area contributed by atoms with E-state index in [1.165, 1.54) is 6.07 Å². The van der Waals surface area contributed by atoms with Crippen LogP contribution in [0.25, 0.3) is 10.9 Å². The average molecular weight is 241 g/mol. The van der Waals surface area contributed by atoms with E-state index < -0.39 is 17.8 Å². The molecule has 0 atom stereocenters. The quantitative estimate of drug-likeness (QED) is 0.813. The van der Waals surface area contributed by atoms with Gasteiger partial charge in [-0.1, -0.05) is 6.92 Å². The second kappa shape index (κ2) is 4.24. The summed E-state index contributed by atoms with van der Waals surface area (Å²) < 4.78 is 38.5. The summed E-state index contributed by atoms with van der Waals surface area (Å²) in [5, 5.41) is 0.193. The highest BCUT2D eigenvalue weighted by Gasteiger charge is 2.17. The Morgan fingerprint density at radius 3 is 2.65 bits per heavy atom. The summed E-state index contributed by atoms with van der Waals surface area (Å²) in [6.45, 7) is 1.67. The van der Waals surface area contributed by atoms with Gasteiger partial charge >= 0.3 is 0 Å². The fourth-order valence-corrected chi connectivity index (χ4v) is 1.75. The number of aromatic amines is 1. The van der Waals surface area contributed by atoms with Gasteiger partial charge in [0.25, 0.3) is 6.43 Å². The summed E-state index contributed by atoms with van der Waals surface area (Å²) in [5.41, 5.74) is 0.0542. The molecule has 17 heavy (non-hydrogen) atoms. The molecule has 1 aromatic heterocycles. The number of fused-ring (bicyclic) bond motifs is 1. The van der Waals surface area contributed by atoms with Crippen molar-refractivity contribution < 1.29 is 18.0 Å². The number of aromatic nitrogens is 1. The molecule has 1 heterocycles. The molecular formula is C12H10F3NO. The molecule has 0 aliphatic heterocycles. The smallest absolute Gasteiger partial charge is 0.264 e. The first-order chi connectivity index (χ1) is 8.02. The second-order valence-corrected chi connectivity index (χ2v) is 3.72. The molecule has 1 N–H and O–H groups in total. The number of hydrogen-bond acceptors (Lipinski definition) is 1. The van der Waals surface area contributed by atoms with E-state index in [4.69, 9.17) is 0 Å². The van der Waals surface area contributed by atoms with E-state index in [1.54, 1.807) is 6.92 Å². The van der Waals surface area contributed by atoms with Gasteiger partial charge in [-0.15, -0.1) is 0 Å². The second-order valence-electron chi connectivity index (χ2n) is 3.72. The molecule has 0 aliphatic rings. The minimum Gasteiger partial charge on any atom is -0.352 e. The van der Waals surface area contributed by atoms with Gasteiger partial charge in [0.2, 0.25) is 0 Å². The van der Waals surface area contributed by atoms with E-state index in [1.807, 2.05) is 0 Å². The molecule has 0 radical (unpaired) electrons. The SMILES string of the molecule is CCC(=O)c1cc2c(C(F)F)cc(F)cc2[nH]1. The average Bonchev–Trinajstić information content (AvgIpc) is 2.69. The minimum absolute atomic E-state index is 0.193. The fourth-order valence-electron chi connectivity index (χ4n) is 1.75. The molecule has 0 saturated carbocycles. The van der Waals surface area contributed by atoms with Gasteiger partial charge in [0, 0.05) is 22.9 Å². The fraction of sp³-hybridized carbons (Fsp3) is 0.250. The van der Waals surface area contributed by atoms with Crippen LogP contribution >= 0.6 is 0 Å². The van der Waals surface area contributed by atoms with Gasteiger partial charge in [0.15, 0.2) is 5.78 Å². The van der Waals surface area contributed by atoms with Crippen molar-refractivity contribution in [3.63, 3.8) is 0 Å². The Morgan fingerprint density at radius 2 is 2.06 bits per heavy atom. The number of alkyl halides is 2. The van der Waals surface area contributed by atoms with Crippen LogP contribution in [0.2, 0.25) is 0 Å². The molecular weight excluding hydrogens is 231 g/mol. The third kappa shape index (κ3) is 2.05.